The van der Waals surface area contributed by atoms with Gasteiger partial charge in [0, 0.05) is 12.0 Å². The Labute approximate surface area is 232 Å². The molecule has 1 saturated heterocycles. The third-order valence-electron chi connectivity index (χ3n) is 7.86. The van der Waals surface area contributed by atoms with Crippen molar-refractivity contribution < 1.29 is 28.6 Å². The van der Waals surface area contributed by atoms with Crippen LogP contribution in [-0.2, 0) is 32.0 Å². The zero-order valence-electron chi connectivity index (χ0n) is 24.2. The standard InChI is InChI=1S/C32H43NO6/c1-7-22-12-11-13-24(20-22)26(17-15-23-16-18-27(37-5)28(21-23)38-6)39-31(36)25-14-9-10-19-33(25)30(35)29(34)32(3,4)8-2/h11-13,16,18,20-21,25-26H,7-10,14-15,17,19H2,1-6H3. The summed E-state index contributed by atoms with van der Waals surface area (Å²) in [4.78, 5) is 41.3. The van der Waals surface area contributed by atoms with Crippen molar-refractivity contribution in [2.75, 3.05) is 20.8 Å². The Morgan fingerprint density at radius 2 is 1.72 bits per heavy atom. The largest absolute Gasteiger partial charge is 0.493 e. The number of methoxy groups -OCH3 is 2. The number of esters is 1. The van der Waals surface area contributed by atoms with E-state index in [9.17, 15) is 14.4 Å². The van der Waals surface area contributed by atoms with Crippen LogP contribution < -0.4 is 9.47 Å². The molecule has 2 unspecified atom stereocenters. The molecule has 39 heavy (non-hydrogen) atoms. The van der Waals surface area contributed by atoms with Crippen molar-refractivity contribution in [1.29, 1.82) is 0 Å². The molecule has 7 heteroatoms. The van der Waals surface area contributed by atoms with Gasteiger partial charge in [0.15, 0.2) is 11.5 Å². The highest BCUT2D eigenvalue weighted by Gasteiger charge is 2.41. The van der Waals surface area contributed by atoms with E-state index in [1.807, 2.05) is 37.3 Å². The molecule has 0 bridgehead atoms. The maximum atomic E-state index is 13.6. The van der Waals surface area contributed by atoms with Gasteiger partial charge in [0.2, 0.25) is 5.78 Å². The number of benzene rings is 2. The van der Waals surface area contributed by atoms with Gasteiger partial charge in [0.25, 0.3) is 5.91 Å². The van der Waals surface area contributed by atoms with Gasteiger partial charge >= 0.3 is 5.97 Å². The van der Waals surface area contributed by atoms with Crippen LogP contribution in [0, 0.1) is 5.41 Å². The Bertz CT molecular complexity index is 1160. The number of nitrogens with zero attached hydrogens (tertiary/aromatic N) is 1. The van der Waals surface area contributed by atoms with Crippen LogP contribution in [0.1, 0.15) is 82.6 Å². The molecule has 2 aromatic rings. The van der Waals surface area contributed by atoms with E-state index in [2.05, 4.69) is 19.1 Å². The third kappa shape index (κ3) is 7.40. The Kier molecular flexibility index (Phi) is 10.6. The smallest absolute Gasteiger partial charge is 0.329 e. The average molecular weight is 538 g/mol. The van der Waals surface area contributed by atoms with Gasteiger partial charge in [-0.15, -0.1) is 0 Å². The lowest BCUT2D eigenvalue weighted by Crippen LogP contribution is -2.53. The number of ketones is 1. The lowest BCUT2D eigenvalue weighted by atomic mass is 9.84. The van der Waals surface area contributed by atoms with Gasteiger partial charge in [-0.05, 0) is 73.8 Å². The number of hydrogen-bond donors (Lipinski definition) is 0. The fraction of sp³-hybridized carbons (Fsp3) is 0.531. The summed E-state index contributed by atoms with van der Waals surface area (Å²) >= 11 is 0. The number of ether oxygens (including phenoxy) is 3. The van der Waals surface area contributed by atoms with Crippen LogP contribution in [0.5, 0.6) is 11.5 Å². The lowest BCUT2D eigenvalue weighted by Gasteiger charge is -2.36. The summed E-state index contributed by atoms with van der Waals surface area (Å²) in [6.45, 7) is 7.90. The third-order valence-corrected chi connectivity index (χ3v) is 7.86. The van der Waals surface area contributed by atoms with Gasteiger partial charge in [-0.25, -0.2) is 4.79 Å². The average Bonchev–Trinajstić information content (AvgIpc) is 2.97. The zero-order valence-corrected chi connectivity index (χ0v) is 24.2. The zero-order chi connectivity index (χ0) is 28.6. The van der Waals surface area contributed by atoms with Crippen LogP contribution >= 0.6 is 0 Å². The number of aryl methyl sites for hydroxylation is 2. The summed E-state index contributed by atoms with van der Waals surface area (Å²) in [5.41, 5.74) is 2.33. The number of piperidine rings is 1. The molecule has 0 radical (unpaired) electrons. The van der Waals surface area contributed by atoms with E-state index < -0.39 is 35.2 Å². The molecule has 0 saturated carbocycles. The molecule has 1 heterocycles. The minimum Gasteiger partial charge on any atom is -0.493 e. The number of hydrogen-bond acceptors (Lipinski definition) is 6. The van der Waals surface area contributed by atoms with Crippen LogP contribution in [0.2, 0.25) is 0 Å². The molecule has 0 aliphatic carbocycles. The SMILES string of the molecule is CCc1cccc(C(CCc2ccc(OC)c(OC)c2)OC(=O)C2CCCCN2C(=O)C(=O)C(C)(C)CC)c1. The highest BCUT2D eigenvalue weighted by atomic mass is 16.5. The van der Waals surface area contributed by atoms with Gasteiger partial charge in [-0.1, -0.05) is 58.0 Å². The van der Waals surface area contributed by atoms with E-state index in [0.29, 0.717) is 43.7 Å². The second kappa shape index (κ2) is 13.6. The molecule has 3 rings (SSSR count). The second-order valence-electron chi connectivity index (χ2n) is 10.8. The molecule has 0 aromatic heterocycles. The lowest BCUT2D eigenvalue weighted by molar-refractivity contribution is -0.164. The van der Waals surface area contributed by atoms with Crippen molar-refractivity contribution in [2.24, 2.45) is 5.41 Å². The van der Waals surface area contributed by atoms with Gasteiger partial charge < -0.3 is 19.1 Å². The number of Topliss-reactive ketones (excluding diaryl/α,β-unsaturated/α-hetero) is 1. The minimum absolute atomic E-state index is 0.381. The molecular formula is C32H43NO6. The molecule has 1 amide bonds. The maximum absolute atomic E-state index is 13.6. The molecular weight excluding hydrogens is 494 g/mol. The molecule has 1 fully saturated rings. The monoisotopic (exact) mass is 537 g/mol. The number of carbonyl (C=O) groups is 3. The van der Waals surface area contributed by atoms with Crippen molar-refractivity contribution in [3.63, 3.8) is 0 Å². The molecule has 7 nitrogen and oxygen atoms in total. The normalized spacial score (nSPS) is 16.4. The second-order valence-corrected chi connectivity index (χ2v) is 10.8. The van der Waals surface area contributed by atoms with Crippen molar-refractivity contribution in [2.45, 2.75) is 84.8 Å². The topological polar surface area (TPSA) is 82.1 Å². The quantitative estimate of drug-likeness (QED) is 0.249. The van der Waals surface area contributed by atoms with Crippen molar-refractivity contribution >= 4 is 17.7 Å². The Hall–Kier alpha value is -3.35. The van der Waals surface area contributed by atoms with Crippen LogP contribution in [-0.4, -0.2) is 49.4 Å². The highest BCUT2D eigenvalue weighted by Crippen LogP contribution is 2.32. The minimum atomic E-state index is -0.772. The summed E-state index contributed by atoms with van der Waals surface area (Å²) in [7, 11) is 3.20. The van der Waals surface area contributed by atoms with Gasteiger partial charge in [0.1, 0.15) is 12.1 Å². The summed E-state index contributed by atoms with van der Waals surface area (Å²) in [5, 5.41) is 0. The number of rotatable bonds is 12. The van der Waals surface area contributed by atoms with Crippen molar-refractivity contribution in [3.8, 4) is 11.5 Å². The summed E-state index contributed by atoms with van der Waals surface area (Å²) < 4.78 is 17.0. The van der Waals surface area contributed by atoms with Gasteiger partial charge in [-0.3, -0.25) is 9.59 Å². The molecule has 212 valence electrons. The number of likely N-dealkylation sites (tertiary alicyclic amines) is 1. The first-order valence-electron chi connectivity index (χ1n) is 14.0. The fourth-order valence-corrected chi connectivity index (χ4v) is 4.86. The van der Waals surface area contributed by atoms with E-state index in [1.165, 1.54) is 4.90 Å². The maximum Gasteiger partial charge on any atom is 0.329 e. The molecule has 2 atom stereocenters. The van der Waals surface area contributed by atoms with Crippen LogP contribution in [0.25, 0.3) is 0 Å². The predicted molar refractivity (Wildman–Crippen MR) is 151 cm³/mol. The molecule has 1 aliphatic rings. The first-order valence-corrected chi connectivity index (χ1v) is 14.0. The molecule has 2 aromatic carbocycles. The first-order chi connectivity index (χ1) is 18.6. The summed E-state index contributed by atoms with van der Waals surface area (Å²) in [6.07, 6.45) is 4.16. The number of amides is 1. The molecule has 1 aliphatic heterocycles. The summed E-state index contributed by atoms with van der Waals surface area (Å²) in [5.74, 6) is -0.191. The fourth-order valence-electron chi connectivity index (χ4n) is 4.86. The van der Waals surface area contributed by atoms with Crippen molar-refractivity contribution in [1.82, 2.24) is 4.90 Å². The van der Waals surface area contributed by atoms with E-state index in [-0.39, 0.29) is 0 Å². The van der Waals surface area contributed by atoms with E-state index >= 15 is 0 Å². The van der Waals surface area contributed by atoms with E-state index in [0.717, 1.165) is 36.0 Å². The van der Waals surface area contributed by atoms with Crippen LogP contribution in [0.4, 0.5) is 0 Å². The molecule has 0 spiro atoms. The van der Waals surface area contributed by atoms with Crippen LogP contribution in [0.3, 0.4) is 0 Å². The Balaban J connectivity index is 1.84. The highest BCUT2D eigenvalue weighted by molar-refractivity contribution is 6.38. The van der Waals surface area contributed by atoms with Gasteiger partial charge in [-0.2, -0.15) is 0 Å². The molecule has 0 N–H and O–H groups in total. The van der Waals surface area contributed by atoms with E-state index in [1.54, 1.807) is 28.1 Å². The van der Waals surface area contributed by atoms with Gasteiger partial charge in [0.05, 0.1) is 14.2 Å². The van der Waals surface area contributed by atoms with E-state index in [4.69, 9.17) is 14.2 Å². The predicted octanol–water partition coefficient (Wildman–Crippen LogP) is 5.87. The number of carbonyl (C=O) groups excluding carboxylic acids is 3. The van der Waals surface area contributed by atoms with Crippen LogP contribution in [0.15, 0.2) is 42.5 Å². The Morgan fingerprint density at radius 3 is 2.38 bits per heavy atom. The van der Waals surface area contributed by atoms with Crippen molar-refractivity contribution in [3.05, 3.63) is 59.2 Å². The Morgan fingerprint density at radius 1 is 0.974 bits per heavy atom. The first kappa shape index (κ1) is 30.2. The summed E-state index contributed by atoms with van der Waals surface area (Å²) in [6, 6.07) is 13.1.